The zero-order valence-corrected chi connectivity index (χ0v) is 16.1. The number of hydrogen-bond acceptors (Lipinski definition) is 3. The number of pyridine rings is 1. The Labute approximate surface area is 164 Å². The molecule has 3 aromatic rings. The lowest BCUT2D eigenvalue weighted by Crippen LogP contribution is -2.11. The summed E-state index contributed by atoms with van der Waals surface area (Å²) in [6.45, 7) is 1.84. The Morgan fingerprint density at radius 3 is 2.30 bits per heavy atom. The molecule has 0 saturated carbocycles. The lowest BCUT2D eigenvalue weighted by molar-refractivity contribution is 0.317. The number of oxime groups is 1. The topological polar surface area (TPSA) is 45.5 Å². The van der Waals surface area contributed by atoms with Crippen molar-refractivity contribution in [2.45, 2.75) is 19.3 Å². The summed E-state index contributed by atoms with van der Waals surface area (Å²) in [6.07, 6.45) is 1.90. The maximum absolute atomic E-state index is 13.8. The van der Waals surface area contributed by atoms with Crippen molar-refractivity contribution >= 4 is 21.6 Å². The van der Waals surface area contributed by atoms with Gasteiger partial charge in [0.1, 0.15) is 11.6 Å². The van der Waals surface area contributed by atoms with Crippen LogP contribution in [-0.4, -0.2) is 15.9 Å². The molecule has 3 rings (SSSR count). The van der Waals surface area contributed by atoms with E-state index < -0.39 is 11.6 Å². The molecule has 0 radical (unpaired) electrons. The average molecular weight is 431 g/mol. The van der Waals surface area contributed by atoms with E-state index in [1.165, 1.54) is 12.1 Å². The standard InChI is InChI=1S/C21H17BrF2N2O/c1-13-8-15(6-7-25-13)21(26-27)12-20(14-2-4-17(22)5-3-14)16-9-18(23)11-19(24)10-16/h2-11,20,27H,12H2,1H3/b26-21-. The highest BCUT2D eigenvalue weighted by atomic mass is 79.9. The highest BCUT2D eigenvalue weighted by Gasteiger charge is 2.20. The highest BCUT2D eigenvalue weighted by Crippen LogP contribution is 2.31. The van der Waals surface area contributed by atoms with Crippen LogP contribution >= 0.6 is 15.9 Å². The smallest absolute Gasteiger partial charge is 0.126 e. The molecule has 0 spiro atoms. The molecular weight excluding hydrogens is 414 g/mol. The Hall–Kier alpha value is -2.60. The van der Waals surface area contributed by atoms with E-state index in [9.17, 15) is 14.0 Å². The summed E-state index contributed by atoms with van der Waals surface area (Å²) in [5, 5.41) is 13.0. The number of nitrogens with zero attached hydrogens (tertiary/aromatic N) is 2. The average Bonchev–Trinajstić information content (AvgIpc) is 2.63. The zero-order valence-electron chi connectivity index (χ0n) is 14.5. The quantitative estimate of drug-likeness (QED) is 0.314. The summed E-state index contributed by atoms with van der Waals surface area (Å²) in [6, 6.07) is 14.5. The van der Waals surface area contributed by atoms with Gasteiger partial charge in [0.05, 0.1) is 5.71 Å². The minimum absolute atomic E-state index is 0.268. The molecule has 0 aliphatic rings. The summed E-state index contributed by atoms with van der Waals surface area (Å²) < 4.78 is 28.6. The van der Waals surface area contributed by atoms with Crippen LogP contribution < -0.4 is 0 Å². The van der Waals surface area contributed by atoms with Gasteiger partial charge in [0.15, 0.2) is 0 Å². The second-order valence-corrected chi connectivity index (χ2v) is 7.16. The van der Waals surface area contributed by atoms with Gasteiger partial charge in [0.2, 0.25) is 0 Å². The molecule has 0 fully saturated rings. The van der Waals surface area contributed by atoms with Crippen molar-refractivity contribution in [1.29, 1.82) is 0 Å². The van der Waals surface area contributed by atoms with Crippen LogP contribution in [0.3, 0.4) is 0 Å². The van der Waals surface area contributed by atoms with Crippen LogP contribution in [0.15, 0.2) is 70.4 Å². The van der Waals surface area contributed by atoms with Crippen molar-refractivity contribution in [3.8, 4) is 0 Å². The fourth-order valence-corrected chi connectivity index (χ4v) is 3.30. The third-order valence-corrected chi connectivity index (χ3v) is 4.84. The lowest BCUT2D eigenvalue weighted by atomic mass is 9.85. The van der Waals surface area contributed by atoms with Gasteiger partial charge in [-0.25, -0.2) is 8.78 Å². The Kier molecular flexibility index (Phi) is 5.96. The molecule has 6 heteroatoms. The van der Waals surface area contributed by atoms with Gasteiger partial charge in [0.25, 0.3) is 0 Å². The summed E-state index contributed by atoms with van der Waals surface area (Å²) in [4.78, 5) is 4.14. The molecule has 0 aliphatic carbocycles. The number of aromatic nitrogens is 1. The molecule has 138 valence electrons. The summed E-state index contributed by atoms with van der Waals surface area (Å²) in [5.74, 6) is -1.67. The van der Waals surface area contributed by atoms with Crippen molar-refractivity contribution in [2.75, 3.05) is 0 Å². The van der Waals surface area contributed by atoms with E-state index in [0.29, 0.717) is 16.8 Å². The molecule has 0 bridgehead atoms. The third kappa shape index (κ3) is 4.77. The van der Waals surface area contributed by atoms with Crippen LogP contribution in [0.25, 0.3) is 0 Å². The van der Waals surface area contributed by atoms with E-state index in [4.69, 9.17) is 0 Å². The van der Waals surface area contributed by atoms with E-state index in [-0.39, 0.29) is 12.3 Å². The highest BCUT2D eigenvalue weighted by molar-refractivity contribution is 9.10. The predicted octanol–water partition coefficient (Wildman–Crippen LogP) is 5.83. The molecule has 0 amide bonds. The number of aryl methyl sites for hydroxylation is 1. The largest absolute Gasteiger partial charge is 0.411 e. The van der Waals surface area contributed by atoms with Gasteiger partial charge in [0, 0.05) is 40.3 Å². The van der Waals surface area contributed by atoms with E-state index in [1.807, 2.05) is 31.2 Å². The Bertz CT molecular complexity index is 954. The van der Waals surface area contributed by atoms with Gasteiger partial charge in [-0.15, -0.1) is 0 Å². The molecule has 1 unspecified atom stereocenters. The van der Waals surface area contributed by atoms with E-state index in [2.05, 4.69) is 26.1 Å². The lowest BCUT2D eigenvalue weighted by Gasteiger charge is -2.19. The van der Waals surface area contributed by atoms with Gasteiger partial charge in [-0.2, -0.15) is 0 Å². The summed E-state index contributed by atoms with van der Waals surface area (Å²) in [5.41, 5.74) is 3.24. The fourth-order valence-electron chi connectivity index (χ4n) is 3.03. The van der Waals surface area contributed by atoms with Gasteiger partial charge in [-0.05, 0) is 54.4 Å². The minimum atomic E-state index is -0.644. The van der Waals surface area contributed by atoms with Crippen molar-refractivity contribution in [3.05, 3.63) is 99.3 Å². The Morgan fingerprint density at radius 1 is 1.04 bits per heavy atom. The molecule has 27 heavy (non-hydrogen) atoms. The van der Waals surface area contributed by atoms with Gasteiger partial charge in [-0.1, -0.05) is 33.2 Å². The molecule has 0 saturated heterocycles. The molecule has 1 atom stereocenters. The van der Waals surface area contributed by atoms with Crippen LogP contribution in [0.2, 0.25) is 0 Å². The molecule has 2 aromatic carbocycles. The normalized spacial score (nSPS) is 12.8. The fraction of sp³-hybridized carbons (Fsp3) is 0.143. The van der Waals surface area contributed by atoms with Crippen molar-refractivity contribution < 1.29 is 14.0 Å². The first kappa shape index (κ1) is 19.2. The van der Waals surface area contributed by atoms with E-state index >= 15 is 0 Å². The van der Waals surface area contributed by atoms with Crippen molar-refractivity contribution in [2.24, 2.45) is 5.16 Å². The molecule has 0 aliphatic heterocycles. The second-order valence-electron chi connectivity index (χ2n) is 6.24. The van der Waals surface area contributed by atoms with E-state index in [0.717, 1.165) is 21.8 Å². The van der Waals surface area contributed by atoms with Crippen LogP contribution in [0.5, 0.6) is 0 Å². The number of benzene rings is 2. The van der Waals surface area contributed by atoms with E-state index in [1.54, 1.807) is 18.3 Å². The molecular formula is C21H17BrF2N2O. The van der Waals surface area contributed by atoms with Crippen LogP contribution in [-0.2, 0) is 0 Å². The number of hydrogen-bond donors (Lipinski definition) is 1. The number of halogens is 3. The maximum Gasteiger partial charge on any atom is 0.126 e. The first-order valence-corrected chi connectivity index (χ1v) is 9.11. The van der Waals surface area contributed by atoms with Crippen molar-refractivity contribution in [1.82, 2.24) is 4.98 Å². The Balaban J connectivity index is 2.05. The molecule has 1 aromatic heterocycles. The minimum Gasteiger partial charge on any atom is -0.411 e. The SMILES string of the molecule is Cc1cc(/C(CC(c2ccc(Br)cc2)c2cc(F)cc(F)c2)=N\O)ccn1. The predicted molar refractivity (Wildman–Crippen MR) is 104 cm³/mol. The zero-order chi connectivity index (χ0) is 19.4. The van der Waals surface area contributed by atoms with Crippen LogP contribution in [0.4, 0.5) is 8.78 Å². The summed E-state index contributed by atoms with van der Waals surface area (Å²) >= 11 is 3.39. The molecule has 3 nitrogen and oxygen atoms in total. The van der Waals surface area contributed by atoms with Gasteiger partial charge >= 0.3 is 0 Å². The van der Waals surface area contributed by atoms with Gasteiger partial charge in [-0.3, -0.25) is 4.98 Å². The monoisotopic (exact) mass is 430 g/mol. The van der Waals surface area contributed by atoms with Gasteiger partial charge < -0.3 is 5.21 Å². The number of rotatable bonds is 5. The Morgan fingerprint density at radius 2 is 1.70 bits per heavy atom. The van der Waals surface area contributed by atoms with Crippen LogP contribution in [0, 0.1) is 18.6 Å². The first-order valence-electron chi connectivity index (χ1n) is 8.31. The molecule has 1 heterocycles. The molecule has 1 N–H and O–H groups in total. The third-order valence-electron chi connectivity index (χ3n) is 4.31. The van der Waals surface area contributed by atoms with Crippen LogP contribution in [0.1, 0.15) is 34.7 Å². The first-order chi connectivity index (χ1) is 13.0. The van der Waals surface area contributed by atoms with Crippen molar-refractivity contribution in [3.63, 3.8) is 0 Å². The summed E-state index contributed by atoms with van der Waals surface area (Å²) in [7, 11) is 0. The second kappa shape index (κ2) is 8.39. The maximum atomic E-state index is 13.8.